The SMILES string of the molecule is Cc1c(CS(C)=O)cccc1NC(=O)Cc1cccc(C(=O)O)c1. The minimum absolute atomic E-state index is 0.0878. The molecule has 0 radical (unpaired) electrons. The molecule has 126 valence electrons. The van der Waals surface area contributed by atoms with Crippen molar-refractivity contribution < 1.29 is 18.9 Å². The third kappa shape index (κ3) is 4.76. The van der Waals surface area contributed by atoms with Crippen LogP contribution in [-0.2, 0) is 27.8 Å². The molecule has 1 atom stereocenters. The van der Waals surface area contributed by atoms with E-state index < -0.39 is 16.8 Å². The molecule has 0 saturated heterocycles. The van der Waals surface area contributed by atoms with Crippen LogP contribution in [0.3, 0.4) is 0 Å². The molecule has 24 heavy (non-hydrogen) atoms. The van der Waals surface area contributed by atoms with Crippen LogP contribution in [-0.4, -0.2) is 27.4 Å². The summed E-state index contributed by atoms with van der Waals surface area (Å²) in [6, 6.07) is 11.8. The number of benzene rings is 2. The average Bonchev–Trinajstić information content (AvgIpc) is 2.51. The zero-order valence-electron chi connectivity index (χ0n) is 13.5. The highest BCUT2D eigenvalue weighted by molar-refractivity contribution is 7.83. The first-order chi connectivity index (χ1) is 11.4. The zero-order valence-corrected chi connectivity index (χ0v) is 14.4. The minimum Gasteiger partial charge on any atom is -0.478 e. The maximum Gasteiger partial charge on any atom is 0.335 e. The van der Waals surface area contributed by atoms with Gasteiger partial charge in [-0.3, -0.25) is 9.00 Å². The van der Waals surface area contributed by atoms with Gasteiger partial charge in [-0.1, -0.05) is 24.3 Å². The van der Waals surface area contributed by atoms with Crippen molar-refractivity contribution in [1.29, 1.82) is 0 Å². The van der Waals surface area contributed by atoms with Gasteiger partial charge < -0.3 is 10.4 Å². The quantitative estimate of drug-likeness (QED) is 0.843. The molecule has 0 saturated carbocycles. The van der Waals surface area contributed by atoms with Crippen molar-refractivity contribution >= 4 is 28.4 Å². The van der Waals surface area contributed by atoms with Gasteiger partial charge in [0.05, 0.1) is 12.0 Å². The van der Waals surface area contributed by atoms with Crippen molar-refractivity contribution in [3.05, 3.63) is 64.7 Å². The summed E-state index contributed by atoms with van der Waals surface area (Å²) in [6.07, 6.45) is 1.73. The number of amides is 1. The molecule has 2 rings (SSSR count). The molecule has 6 heteroatoms. The number of hydrogen-bond donors (Lipinski definition) is 2. The van der Waals surface area contributed by atoms with Gasteiger partial charge in [0.25, 0.3) is 0 Å². The van der Waals surface area contributed by atoms with Crippen LogP contribution in [0.25, 0.3) is 0 Å². The second kappa shape index (κ2) is 7.88. The Morgan fingerprint density at radius 2 is 1.88 bits per heavy atom. The standard InChI is InChI=1S/C18H19NO4S/c1-12-15(11-24(2)23)7-4-8-16(12)19-17(20)10-13-5-3-6-14(9-13)18(21)22/h3-9H,10-11H2,1-2H3,(H,19,20)(H,21,22). The second-order valence-electron chi connectivity index (χ2n) is 5.54. The first-order valence-corrected chi connectivity index (χ1v) is 9.10. The number of carboxylic acids is 1. The van der Waals surface area contributed by atoms with E-state index in [1.165, 1.54) is 12.1 Å². The molecule has 1 unspecified atom stereocenters. The molecule has 0 aliphatic heterocycles. The lowest BCUT2D eigenvalue weighted by molar-refractivity contribution is -0.115. The first kappa shape index (κ1) is 17.9. The topological polar surface area (TPSA) is 83.5 Å². The molecule has 1 amide bonds. The van der Waals surface area contributed by atoms with Gasteiger partial charge >= 0.3 is 5.97 Å². The molecule has 5 nitrogen and oxygen atoms in total. The Balaban J connectivity index is 2.11. The molecular formula is C18H19NO4S. The monoisotopic (exact) mass is 345 g/mol. The maximum absolute atomic E-state index is 12.2. The number of nitrogens with one attached hydrogen (secondary N) is 1. The Morgan fingerprint density at radius 1 is 1.17 bits per heavy atom. The average molecular weight is 345 g/mol. The number of anilines is 1. The van der Waals surface area contributed by atoms with E-state index in [-0.39, 0.29) is 17.9 Å². The Bertz CT molecular complexity index is 801. The Hall–Kier alpha value is -2.47. The third-order valence-corrected chi connectivity index (χ3v) is 4.33. The van der Waals surface area contributed by atoms with Crippen molar-refractivity contribution in [2.45, 2.75) is 19.1 Å². The maximum atomic E-state index is 12.2. The first-order valence-electron chi connectivity index (χ1n) is 7.37. The molecule has 0 spiro atoms. The van der Waals surface area contributed by atoms with Crippen molar-refractivity contribution in [3.63, 3.8) is 0 Å². The van der Waals surface area contributed by atoms with Crippen LogP contribution in [0.1, 0.15) is 27.0 Å². The number of carboxylic acid groups (broad SMARTS) is 1. The van der Waals surface area contributed by atoms with Gasteiger partial charge in [-0.15, -0.1) is 0 Å². The highest BCUT2D eigenvalue weighted by Gasteiger charge is 2.10. The fraction of sp³-hybridized carbons (Fsp3) is 0.222. The van der Waals surface area contributed by atoms with Gasteiger partial charge in [0.15, 0.2) is 0 Å². The van der Waals surface area contributed by atoms with Crippen molar-refractivity contribution in [1.82, 2.24) is 0 Å². The molecule has 0 fully saturated rings. The van der Waals surface area contributed by atoms with E-state index in [9.17, 15) is 13.8 Å². The largest absolute Gasteiger partial charge is 0.478 e. The smallest absolute Gasteiger partial charge is 0.335 e. The lowest BCUT2D eigenvalue weighted by Gasteiger charge is -2.12. The molecule has 0 aliphatic carbocycles. The predicted molar refractivity (Wildman–Crippen MR) is 94.7 cm³/mol. The summed E-state index contributed by atoms with van der Waals surface area (Å²) in [4.78, 5) is 23.2. The minimum atomic E-state index is -1.02. The van der Waals surface area contributed by atoms with Gasteiger partial charge in [-0.05, 0) is 41.8 Å². The Labute approximate surface area is 143 Å². The second-order valence-corrected chi connectivity index (χ2v) is 6.97. The number of rotatable bonds is 6. The summed E-state index contributed by atoms with van der Waals surface area (Å²) in [5, 5.41) is 11.8. The van der Waals surface area contributed by atoms with E-state index in [0.29, 0.717) is 17.0 Å². The summed E-state index contributed by atoms with van der Waals surface area (Å²) in [6.45, 7) is 1.88. The summed E-state index contributed by atoms with van der Waals surface area (Å²) in [5.74, 6) is -0.806. The molecule has 0 bridgehead atoms. The number of carbonyl (C=O) groups is 2. The van der Waals surface area contributed by atoms with Crippen LogP contribution >= 0.6 is 0 Å². The van der Waals surface area contributed by atoms with Crippen LogP contribution in [0.5, 0.6) is 0 Å². The molecule has 0 heterocycles. The molecule has 2 aromatic rings. The van der Waals surface area contributed by atoms with Crippen molar-refractivity contribution in [3.8, 4) is 0 Å². The summed E-state index contributed by atoms with van der Waals surface area (Å²) in [5.41, 5.74) is 3.29. The lowest BCUT2D eigenvalue weighted by atomic mass is 10.1. The molecule has 2 N–H and O–H groups in total. The Kier molecular flexibility index (Phi) is 5.87. The number of aromatic carboxylic acids is 1. The number of hydrogen-bond acceptors (Lipinski definition) is 3. The fourth-order valence-corrected chi connectivity index (χ4v) is 3.14. The Morgan fingerprint density at radius 3 is 2.54 bits per heavy atom. The highest BCUT2D eigenvalue weighted by Crippen LogP contribution is 2.20. The van der Waals surface area contributed by atoms with Gasteiger partial charge in [-0.25, -0.2) is 4.79 Å². The van der Waals surface area contributed by atoms with Gasteiger partial charge in [0, 0.05) is 28.5 Å². The molecule has 0 aliphatic rings. The lowest BCUT2D eigenvalue weighted by Crippen LogP contribution is -2.16. The predicted octanol–water partition coefficient (Wildman–Crippen LogP) is 2.75. The number of carbonyl (C=O) groups excluding carboxylic acids is 1. The van der Waals surface area contributed by atoms with Gasteiger partial charge in [-0.2, -0.15) is 0 Å². The van der Waals surface area contributed by atoms with Crippen LogP contribution in [0, 0.1) is 6.92 Å². The van der Waals surface area contributed by atoms with E-state index in [1.54, 1.807) is 24.5 Å². The van der Waals surface area contributed by atoms with Crippen molar-refractivity contribution in [2.24, 2.45) is 0 Å². The summed E-state index contributed by atoms with van der Waals surface area (Å²) < 4.78 is 11.4. The van der Waals surface area contributed by atoms with Gasteiger partial charge in [0.2, 0.25) is 5.91 Å². The van der Waals surface area contributed by atoms with Crippen LogP contribution in [0.4, 0.5) is 5.69 Å². The fourth-order valence-electron chi connectivity index (χ4n) is 2.39. The molecule has 0 aromatic heterocycles. The zero-order chi connectivity index (χ0) is 17.7. The van der Waals surface area contributed by atoms with E-state index >= 15 is 0 Å². The van der Waals surface area contributed by atoms with Crippen LogP contribution in [0.15, 0.2) is 42.5 Å². The van der Waals surface area contributed by atoms with E-state index in [2.05, 4.69) is 5.32 Å². The van der Waals surface area contributed by atoms with Crippen LogP contribution < -0.4 is 5.32 Å². The summed E-state index contributed by atoms with van der Waals surface area (Å²) >= 11 is 0. The van der Waals surface area contributed by atoms with E-state index in [1.807, 2.05) is 19.1 Å². The molecular weight excluding hydrogens is 326 g/mol. The van der Waals surface area contributed by atoms with Gasteiger partial charge in [0.1, 0.15) is 0 Å². The van der Waals surface area contributed by atoms with Crippen LogP contribution in [0.2, 0.25) is 0 Å². The van der Waals surface area contributed by atoms with E-state index in [4.69, 9.17) is 5.11 Å². The molecule has 2 aromatic carbocycles. The third-order valence-electron chi connectivity index (χ3n) is 3.62. The normalized spacial score (nSPS) is 11.8. The van der Waals surface area contributed by atoms with Crippen molar-refractivity contribution in [2.75, 3.05) is 11.6 Å². The van der Waals surface area contributed by atoms with E-state index in [0.717, 1.165) is 11.1 Å². The summed E-state index contributed by atoms with van der Waals surface area (Å²) in [7, 11) is -0.955. The highest BCUT2D eigenvalue weighted by atomic mass is 32.2.